The minimum absolute atomic E-state index is 0. The molecule has 204 valence electrons. The number of alkyl carbamates (subject to hydrolysis) is 1. The van der Waals surface area contributed by atoms with Gasteiger partial charge in [-0.25, -0.2) is 4.79 Å². The summed E-state index contributed by atoms with van der Waals surface area (Å²) >= 11 is 0. The van der Waals surface area contributed by atoms with Gasteiger partial charge in [-0.1, -0.05) is 78.2 Å². The zero-order valence-electron chi connectivity index (χ0n) is 21.0. The van der Waals surface area contributed by atoms with Crippen LogP contribution < -0.4 is 14.8 Å². The van der Waals surface area contributed by atoms with Gasteiger partial charge in [-0.15, -0.1) is 0 Å². The van der Waals surface area contributed by atoms with Gasteiger partial charge in [0.05, 0.1) is 20.0 Å². The third kappa shape index (κ3) is 15.6. The van der Waals surface area contributed by atoms with Crippen molar-refractivity contribution in [1.29, 1.82) is 0 Å². The summed E-state index contributed by atoms with van der Waals surface area (Å²) in [7, 11) is -0.926. The number of benzene rings is 1. The molecule has 1 aromatic carbocycles. The predicted molar refractivity (Wildman–Crippen MR) is 141 cm³/mol. The standard InChI is InChI=1S/C25H43NO7S.CH4/c1-4-5-6-7-8-9-10-11-12-13-15-22(21-16-17-23(31-2)24(20-21)32-3)33-25(27)26-18-14-19-34(28,29)30;/h16-17,20,22H,4-15,18-19H2,1-3H3,(H,26,27)(H,28,29,30);1H4. The first kappa shape index (κ1) is 33.0. The maximum Gasteiger partial charge on any atom is 0.407 e. The molecule has 0 saturated carbocycles. The topological polar surface area (TPSA) is 111 Å². The number of hydrogen-bond acceptors (Lipinski definition) is 6. The highest BCUT2D eigenvalue weighted by atomic mass is 32.2. The molecule has 1 rings (SSSR count). The number of nitrogens with one attached hydrogen (secondary N) is 1. The maximum atomic E-state index is 12.3. The Morgan fingerprint density at radius 2 is 1.49 bits per heavy atom. The maximum absolute atomic E-state index is 12.3. The summed E-state index contributed by atoms with van der Waals surface area (Å²) in [6.45, 7) is 2.32. The second-order valence-corrected chi connectivity index (χ2v) is 10.1. The average molecular weight is 518 g/mol. The lowest BCUT2D eigenvalue weighted by atomic mass is 10.0. The summed E-state index contributed by atoms with van der Waals surface area (Å²) < 4.78 is 46.8. The monoisotopic (exact) mass is 517 g/mol. The predicted octanol–water partition coefficient (Wildman–Crippen LogP) is 6.70. The van der Waals surface area contributed by atoms with E-state index in [1.807, 2.05) is 12.1 Å². The minimum atomic E-state index is -4.05. The highest BCUT2D eigenvalue weighted by Gasteiger charge is 2.19. The minimum Gasteiger partial charge on any atom is -0.493 e. The van der Waals surface area contributed by atoms with Crippen LogP contribution in [0.15, 0.2) is 18.2 Å². The lowest BCUT2D eigenvalue weighted by Gasteiger charge is -2.20. The highest BCUT2D eigenvalue weighted by molar-refractivity contribution is 7.85. The Morgan fingerprint density at radius 3 is 2.03 bits per heavy atom. The summed E-state index contributed by atoms with van der Waals surface area (Å²) in [6, 6.07) is 5.45. The molecule has 1 atom stereocenters. The van der Waals surface area contributed by atoms with Gasteiger partial charge in [-0.2, -0.15) is 8.42 Å². The molecular formula is C26H47NO7S. The first-order valence-corrected chi connectivity index (χ1v) is 14.0. The van der Waals surface area contributed by atoms with E-state index >= 15 is 0 Å². The van der Waals surface area contributed by atoms with Gasteiger partial charge in [0, 0.05) is 6.54 Å². The summed E-state index contributed by atoms with van der Waals surface area (Å²) in [5, 5.41) is 2.55. The van der Waals surface area contributed by atoms with Crippen LogP contribution in [-0.2, 0) is 14.9 Å². The van der Waals surface area contributed by atoms with Crippen LogP contribution in [0.1, 0.15) is 103 Å². The number of ether oxygens (including phenoxy) is 3. The molecule has 2 N–H and O–H groups in total. The Hall–Kier alpha value is -2.00. The van der Waals surface area contributed by atoms with Crippen LogP contribution in [-0.4, -0.2) is 45.6 Å². The second-order valence-electron chi connectivity index (χ2n) is 8.55. The fourth-order valence-corrected chi connectivity index (χ4v) is 4.29. The van der Waals surface area contributed by atoms with Crippen molar-refractivity contribution in [2.45, 2.75) is 97.5 Å². The third-order valence-corrected chi connectivity index (χ3v) is 6.50. The smallest absolute Gasteiger partial charge is 0.407 e. The van der Waals surface area contributed by atoms with Gasteiger partial charge in [0.2, 0.25) is 0 Å². The third-order valence-electron chi connectivity index (χ3n) is 5.70. The number of carbonyl (C=O) groups is 1. The molecule has 35 heavy (non-hydrogen) atoms. The first-order chi connectivity index (χ1) is 16.3. The summed E-state index contributed by atoms with van der Waals surface area (Å²) in [5.74, 6) is 0.745. The van der Waals surface area contributed by atoms with E-state index in [1.165, 1.54) is 44.9 Å². The summed E-state index contributed by atoms with van der Waals surface area (Å²) in [4.78, 5) is 12.3. The second kappa shape index (κ2) is 19.2. The van der Waals surface area contributed by atoms with Crippen LogP contribution in [0, 0.1) is 0 Å². The molecule has 0 radical (unpaired) electrons. The first-order valence-electron chi connectivity index (χ1n) is 12.4. The Morgan fingerprint density at radius 1 is 0.914 bits per heavy atom. The molecule has 0 heterocycles. The van der Waals surface area contributed by atoms with E-state index in [4.69, 9.17) is 18.8 Å². The van der Waals surface area contributed by atoms with Crippen molar-refractivity contribution >= 4 is 16.2 Å². The van der Waals surface area contributed by atoms with E-state index in [0.717, 1.165) is 24.8 Å². The van der Waals surface area contributed by atoms with Crippen molar-refractivity contribution in [2.24, 2.45) is 0 Å². The number of hydrogen-bond donors (Lipinski definition) is 2. The zero-order valence-corrected chi connectivity index (χ0v) is 21.8. The largest absolute Gasteiger partial charge is 0.493 e. The Bertz CT molecular complexity index is 799. The van der Waals surface area contributed by atoms with E-state index in [9.17, 15) is 13.2 Å². The quantitative estimate of drug-likeness (QED) is 0.155. The normalized spacial score (nSPS) is 11.9. The molecule has 0 fully saturated rings. The molecule has 0 saturated heterocycles. The van der Waals surface area contributed by atoms with E-state index in [1.54, 1.807) is 20.3 Å². The van der Waals surface area contributed by atoms with E-state index in [0.29, 0.717) is 17.9 Å². The lowest BCUT2D eigenvalue weighted by Crippen LogP contribution is -2.28. The number of methoxy groups -OCH3 is 2. The molecule has 1 aromatic rings. The molecule has 0 bridgehead atoms. The van der Waals surface area contributed by atoms with E-state index in [2.05, 4.69) is 12.2 Å². The summed E-state index contributed by atoms with van der Waals surface area (Å²) in [6.07, 6.45) is 11.9. The number of carbonyl (C=O) groups excluding carboxylic acids is 1. The van der Waals surface area contributed by atoms with Crippen molar-refractivity contribution in [3.8, 4) is 11.5 Å². The van der Waals surface area contributed by atoms with Gasteiger partial charge in [0.15, 0.2) is 11.5 Å². The zero-order chi connectivity index (χ0) is 25.2. The molecule has 1 unspecified atom stereocenters. The van der Waals surface area contributed by atoms with E-state index in [-0.39, 0.29) is 20.4 Å². The molecule has 8 nitrogen and oxygen atoms in total. The molecule has 1 amide bonds. The van der Waals surface area contributed by atoms with Gasteiger partial charge in [0.1, 0.15) is 6.10 Å². The molecule has 0 aliphatic carbocycles. The van der Waals surface area contributed by atoms with Gasteiger partial charge < -0.3 is 19.5 Å². The van der Waals surface area contributed by atoms with E-state index < -0.39 is 28.1 Å². The summed E-state index contributed by atoms with van der Waals surface area (Å²) in [5.41, 5.74) is 0.807. The number of unbranched alkanes of at least 4 members (excludes halogenated alkanes) is 9. The van der Waals surface area contributed by atoms with Crippen molar-refractivity contribution in [1.82, 2.24) is 5.32 Å². The Kier molecular flexibility index (Phi) is 18.1. The number of amides is 1. The fraction of sp³-hybridized carbons (Fsp3) is 0.731. The van der Waals surface area contributed by atoms with Crippen molar-refractivity contribution in [3.05, 3.63) is 23.8 Å². The molecule has 0 aromatic heterocycles. The molecular weight excluding hydrogens is 470 g/mol. The van der Waals surface area contributed by atoms with Gasteiger partial charge in [-0.3, -0.25) is 4.55 Å². The SMILES string of the molecule is C.CCCCCCCCCCCCC(OC(=O)NCCCS(=O)(=O)O)c1ccc(OC)c(OC)c1. The molecule has 0 spiro atoms. The number of rotatable bonds is 19. The van der Waals surface area contributed by atoms with Crippen molar-refractivity contribution < 1.29 is 32.0 Å². The highest BCUT2D eigenvalue weighted by Crippen LogP contribution is 2.33. The van der Waals surface area contributed by atoms with Crippen LogP contribution in [0.2, 0.25) is 0 Å². The Balaban J connectivity index is 0.0000116. The van der Waals surface area contributed by atoms with Gasteiger partial charge in [0.25, 0.3) is 10.1 Å². The molecule has 9 heteroatoms. The van der Waals surface area contributed by atoms with Crippen LogP contribution in [0.25, 0.3) is 0 Å². The lowest BCUT2D eigenvalue weighted by molar-refractivity contribution is 0.0906. The van der Waals surface area contributed by atoms with Gasteiger partial charge in [-0.05, 0) is 37.0 Å². The van der Waals surface area contributed by atoms with Crippen LogP contribution in [0.3, 0.4) is 0 Å². The van der Waals surface area contributed by atoms with Crippen molar-refractivity contribution in [3.63, 3.8) is 0 Å². The molecule has 0 aliphatic rings. The van der Waals surface area contributed by atoms with Crippen LogP contribution in [0.4, 0.5) is 4.79 Å². The Labute approximate surface area is 212 Å². The average Bonchev–Trinajstić information content (AvgIpc) is 2.81. The molecule has 0 aliphatic heterocycles. The fourth-order valence-electron chi connectivity index (χ4n) is 3.78. The van der Waals surface area contributed by atoms with Gasteiger partial charge >= 0.3 is 6.09 Å². The van der Waals surface area contributed by atoms with Crippen LogP contribution >= 0.6 is 0 Å². The van der Waals surface area contributed by atoms with Crippen molar-refractivity contribution in [2.75, 3.05) is 26.5 Å². The van der Waals surface area contributed by atoms with Crippen LogP contribution in [0.5, 0.6) is 11.5 Å².